The summed E-state index contributed by atoms with van der Waals surface area (Å²) < 4.78 is 0. The molecule has 0 radical (unpaired) electrons. The predicted octanol–water partition coefficient (Wildman–Crippen LogP) is 2.94. The number of rotatable bonds is 6. The number of aliphatic hydroxyl groups excluding tert-OH is 1. The molecule has 0 saturated heterocycles. The van der Waals surface area contributed by atoms with Gasteiger partial charge in [0.15, 0.2) is 0 Å². The van der Waals surface area contributed by atoms with Crippen LogP contribution in [0.3, 0.4) is 0 Å². The summed E-state index contributed by atoms with van der Waals surface area (Å²) in [5.74, 6) is 0.828. The number of halogens is 1. The number of fused-ring (bicyclic) bond motifs is 1. The lowest BCUT2D eigenvalue weighted by Gasteiger charge is -2.23. The van der Waals surface area contributed by atoms with Gasteiger partial charge in [-0.25, -0.2) is 4.98 Å². The summed E-state index contributed by atoms with van der Waals surface area (Å²) >= 11 is 7.50. The van der Waals surface area contributed by atoms with E-state index in [4.69, 9.17) is 11.6 Å². The minimum Gasteiger partial charge on any atom is -0.395 e. The second kappa shape index (κ2) is 6.31. The second-order valence-electron chi connectivity index (χ2n) is 4.02. The fourth-order valence-corrected chi connectivity index (χ4v) is 2.82. The minimum absolute atomic E-state index is 0.108. The molecular formula is C12H16ClN3OS. The van der Waals surface area contributed by atoms with Gasteiger partial charge in [-0.1, -0.05) is 13.3 Å². The molecule has 4 nitrogen and oxygen atoms in total. The molecule has 2 rings (SSSR count). The van der Waals surface area contributed by atoms with Gasteiger partial charge in [0.25, 0.3) is 0 Å². The zero-order valence-electron chi connectivity index (χ0n) is 10.3. The molecule has 6 heteroatoms. The van der Waals surface area contributed by atoms with Crippen molar-refractivity contribution in [3.63, 3.8) is 0 Å². The molecule has 1 N–H and O–H groups in total. The van der Waals surface area contributed by atoms with E-state index >= 15 is 0 Å². The first-order chi connectivity index (χ1) is 8.76. The maximum absolute atomic E-state index is 9.17. The van der Waals surface area contributed by atoms with Crippen molar-refractivity contribution in [2.24, 2.45) is 0 Å². The van der Waals surface area contributed by atoms with Crippen LogP contribution in [0.1, 0.15) is 19.8 Å². The number of anilines is 1. The molecule has 0 spiro atoms. The van der Waals surface area contributed by atoms with Crippen LogP contribution in [0.25, 0.3) is 10.2 Å². The Hall–Kier alpha value is -0.910. The molecule has 0 bridgehead atoms. The van der Waals surface area contributed by atoms with Crippen LogP contribution in [-0.2, 0) is 0 Å². The molecule has 0 saturated carbocycles. The van der Waals surface area contributed by atoms with E-state index in [1.807, 2.05) is 11.4 Å². The lowest BCUT2D eigenvalue weighted by molar-refractivity contribution is 0.301. The van der Waals surface area contributed by atoms with Gasteiger partial charge >= 0.3 is 0 Å². The summed E-state index contributed by atoms with van der Waals surface area (Å²) in [6.45, 7) is 3.69. The van der Waals surface area contributed by atoms with Gasteiger partial charge in [0.1, 0.15) is 10.6 Å². The number of hydrogen-bond acceptors (Lipinski definition) is 5. The molecule has 0 atom stereocenters. The average Bonchev–Trinajstić information content (AvgIpc) is 2.81. The van der Waals surface area contributed by atoms with Crippen molar-refractivity contribution in [1.29, 1.82) is 0 Å². The van der Waals surface area contributed by atoms with Gasteiger partial charge in [-0.3, -0.25) is 0 Å². The molecule has 0 fully saturated rings. The van der Waals surface area contributed by atoms with Crippen molar-refractivity contribution < 1.29 is 5.11 Å². The molecule has 18 heavy (non-hydrogen) atoms. The molecule has 0 aliphatic carbocycles. The zero-order valence-corrected chi connectivity index (χ0v) is 11.8. The monoisotopic (exact) mass is 285 g/mol. The third-order valence-electron chi connectivity index (χ3n) is 2.73. The smallest absolute Gasteiger partial charge is 0.225 e. The van der Waals surface area contributed by atoms with Crippen molar-refractivity contribution in [1.82, 2.24) is 9.97 Å². The van der Waals surface area contributed by atoms with Crippen molar-refractivity contribution in [2.75, 3.05) is 24.6 Å². The Bertz CT molecular complexity index is 517. The van der Waals surface area contributed by atoms with Gasteiger partial charge in [-0.05, 0) is 29.5 Å². The van der Waals surface area contributed by atoms with Crippen molar-refractivity contribution in [2.45, 2.75) is 19.8 Å². The Kier molecular flexibility index (Phi) is 4.74. The Labute approximate surface area is 115 Å². The van der Waals surface area contributed by atoms with Gasteiger partial charge in [0.05, 0.1) is 12.0 Å². The van der Waals surface area contributed by atoms with Gasteiger partial charge in [-0.15, -0.1) is 11.3 Å². The SMILES string of the molecule is CCCCN(CCO)c1nc(Cl)nc2sccc12. The molecule has 98 valence electrons. The number of aromatic nitrogens is 2. The lowest BCUT2D eigenvalue weighted by Crippen LogP contribution is -2.28. The van der Waals surface area contributed by atoms with E-state index in [-0.39, 0.29) is 11.9 Å². The van der Waals surface area contributed by atoms with Crippen LogP contribution >= 0.6 is 22.9 Å². The Morgan fingerprint density at radius 2 is 2.22 bits per heavy atom. The van der Waals surface area contributed by atoms with Gasteiger partial charge < -0.3 is 10.0 Å². The van der Waals surface area contributed by atoms with Gasteiger partial charge in [-0.2, -0.15) is 4.98 Å². The van der Waals surface area contributed by atoms with Crippen molar-refractivity contribution in [3.8, 4) is 0 Å². The van der Waals surface area contributed by atoms with E-state index < -0.39 is 0 Å². The summed E-state index contributed by atoms with van der Waals surface area (Å²) in [5.41, 5.74) is 0. The number of aliphatic hydroxyl groups is 1. The lowest BCUT2D eigenvalue weighted by atomic mass is 10.3. The summed E-state index contributed by atoms with van der Waals surface area (Å²) in [5, 5.41) is 12.4. The minimum atomic E-state index is 0.108. The van der Waals surface area contributed by atoms with Crippen molar-refractivity contribution in [3.05, 3.63) is 16.7 Å². The molecule has 0 unspecified atom stereocenters. The van der Waals surface area contributed by atoms with E-state index in [0.29, 0.717) is 6.54 Å². The topological polar surface area (TPSA) is 49.2 Å². The van der Waals surface area contributed by atoms with Crippen LogP contribution in [0.5, 0.6) is 0 Å². The Balaban J connectivity index is 2.38. The van der Waals surface area contributed by atoms with Crippen LogP contribution in [0.4, 0.5) is 5.82 Å². The number of thiophene rings is 1. The largest absolute Gasteiger partial charge is 0.395 e. The fraction of sp³-hybridized carbons (Fsp3) is 0.500. The molecule has 0 aromatic carbocycles. The summed E-state index contributed by atoms with van der Waals surface area (Å²) in [6.07, 6.45) is 2.17. The highest BCUT2D eigenvalue weighted by Gasteiger charge is 2.14. The van der Waals surface area contributed by atoms with Gasteiger partial charge in [0, 0.05) is 13.1 Å². The van der Waals surface area contributed by atoms with E-state index in [2.05, 4.69) is 21.8 Å². The predicted molar refractivity (Wildman–Crippen MR) is 76.6 cm³/mol. The number of hydrogen-bond donors (Lipinski definition) is 1. The van der Waals surface area contributed by atoms with Crippen LogP contribution in [0.15, 0.2) is 11.4 Å². The molecule has 0 amide bonds. The molecular weight excluding hydrogens is 270 g/mol. The molecule has 2 heterocycles. The molecule has 0 aliphatic heterocycles. The standard InChI is InChI=1S/C12H16ClN3OS/c1-2-3-5-16(6-7-17)10-9-4-8-18-11(9)15-12(13)14-10/h4,8,17H,2-3,5-7H2,1H3. The second-order valence-corrected chi connectivity index (χ2v) is 5.25. The summed E-state index contributed by atoms with van der Waals surface area (Å²) in [7, 11) is 0. The third-order valence-corrected chi connectivity index (χ3v) is 3.70. The highest BCUT2D eigenvalue weighted by Crippen LogP contribution is 2.29. The normalized spacial score (nSPS) is 11.1. The van der Waals surface area contributed by atoms with E-state index in [1.165, 1.54) is 0 Å². The van der Waals surface area contributed by atoms with Crippen LogP contribution in [-0.4, -0.2) is 34.8 Å². The molecule has 2 aromatic rings. The van der Waals surface area contributed by atoms with Crippen LogP contribution in [0, 0.1) is 0 Å². The average molecular weight is 286 g/mol. The highest BCUT2D eigenvalue weighted by molar-refractivity contribution is 7.16. The van der Waals surface area contributed by atoms with E-state index in [1.54, 1.807) is 11.3 Å². The first kappa shape index (κ1) is 13.5. The van der Waals surface area contributed by atoms with Crippen LogP contribution in [0.2, 0.25) is 5.28 Å². The first-order valence-electron chi connectivity index (χ1n) is 6.02. The van der Waals surface area contributed by atoms with Gasteiger partial charge in [0.2, 0.25) is 5.28 Å². The van der Waals surface area contributed by atoms with Crippen LogP contribution < -0.4 is 4.90 Å². The fourth-order valence-electron chi connectivity index (χ4n) is 1.85. The summed E-state index contributed by atoms with van der Waals surface area (Å²) in [6, 6.07) is 2.00. The first-order valence-corrected chi connectivity index (χ1v) is 7.28. The molecule has 2 aromatic heterocycles. The van der Waals surface area contributed by atoms with E-state index in [0.717, 1.165) is 35.4 Å². The molecule has 0 aliphatic rings. The number of unbranched alkanes of at least 4 members (excludes halogenated alkanes) is 1. The maximum atomic E-state index is 9.17. The van der Waals surface area contributed by atoms with E-state index in [9.17, 15) is 5.11 Å². The van der Waals surface area contributed by atoms with Crippen molar-refractivity contribution >= 4 is 39.0 Å². The maximum Gasteiger partial charge on any atom is 0.225 e. The third kappa shape index (κ3) is 2.91. The quantitative estimate of drug-likeness (QED) is 0.829. The Morgan fingerprint density at radius 1 is 1.39 bits per heavy atom. The summed E-state index contributed by atoms with van der Waals surface area (Å²) in [4.78, 5) is 11.5. The highest BCUT2D eigenvalue weighted by atomic mass is 35.5. The zero-order chi connectivity index (χ0) is 13.0. The Morgan fingerprint density at radius 3 is 2.94 bits per heavy atom. The number of nitrogens with zero attached hydrogens (tertiary/aromatic N) is 3.